The fraction of sp³-hybridized carbons (Fsp3) is 0.273. The highest BCUT2D eigenvalue weighted by molar-refractivity contribution is 7.85. The van der Waals surface area contributed by atoms with Crippen molar-refractivity contribution in [2.45, 2.75) is 31.1 Å². The molecule has 3 rings (SSSR count). The average Bonchev–Trinajstić information content (AvgIpc) is 2.95. The highest BCUT2D eigenvalue weighted by atomic mass is 35.5. The molecule has 2 aromatic rings. The maximum Gasteiger partial charge on any atom is 0.275 e. The van der Waals surface area contributed by atoms with Gasteiger partial charge in [0.1, 0.15) is 0 Å². The molecule has 0 saturated heterocycles. The molecular formula is C22H23ClN2O2S. The minimum atomic E-state index is -1.31. The van der Waals surface area contributed by atoms with Crippen molar-refractivity contribution in [3.63, 3.8) is 0 Å². The molecule has 1 aliphatic heterocycles. The van der Waals surface area contributed by atoms with E-state index in [4.69, 9.17) is 11.6 Å². The number of hydrogen-bond donors (Lipinski definition) is 0. The molecule has 1 unspecified atom stereocenters. The van der Waals surface area contributed by atoms with Gasteiger partial charge in [0.25, 0.3) is 5.91 Å². The van der Waals surface area contributed by atoms with E-state index in [0.29, 0.717) is 21.2 Å². The van der Waals surface area contributed by atoms with Crippen LogP contribution in [0.4, 0.5) is 0 Å². The van der Waals surface area contributed by atoms with Gasteiger partial charge in [-0.05, 0) is 54.3 Å². The maximum absolute atomic E-state index is 12.7. The van der Waals surface area contributed by atoms with Gasteiger partial charge in [0.05, 0.1) is 27.8 Å². The summed E-state index contributed by atoms with van der Waals surface area (Å²) >= 11 is 5.89. The van der Waals surface area contributed by atoms with E-state index in [0.717, 1.165) is 24.8 Å². The van der Waals surface area contributed by atoms with Crippen molar-refractivity contribution in [2.24, 2.45) is 5.10 Å². The molecule has 0 saturated carbocycles. The Hall–Kier alpha value is -2.24. The van der Waals surface area contributed by atoms with E-state index in [1.54, 1.807) is 31.3 Å². The first-order valence-electron chi connectivity index (χ1n) is 9.28. The van der Waals surface area contributed by atoms with Gasteiger partial charge in [-0.2, -0.15) is 5.10 Å². The third-order valence-electron chi connectivity index (χ3n) is 4.56. The second-order valence-electron chi connectivity index (χ2n) is 6.72. The van der Waals surface area contributed by atoms with Crippen LogP contribution in [0.3, 0.4) is 0 Å². The third kappa shape index (κ3) is 4.97. The lowest BCUT2D eigenvalue weighted by Crippen LogP contribution is -2.18. The summed E-state index contributed by atoms with van der Waals surface area (Å²) in [6.45, 7) is 2.18. The van der Waals surface area contributed by atoms with Gasteiger partial charge in [0.15, 0.2) is 0 Å². The number of amides is 1. The molecule has 0 aliphatic carbocycles. The molecule has 0 radical (unpaired) electrons. The molecule has 1 atom stereocenters. The molecule has 1 heterocycles. The number of carbonyl (C=O) groups excluding carboxylic acids is 1. The number of hydrazone groups is 1. The molecule has 28 heavy (non-hydrogen) atoms. The van der Waals surface area contributed by atoms with Crippen LogP contribution in [0.5, 0.6) is 0 Å². The number of halogens is 1. The SMILES string of the molecule is CCCCc1ccc(/C=C2/C(=O)N(C)N=C2CS(=O)c2ccc(Cl)cc2)cc1. The number of rotatable bonds is 7. The van der Waals surface area contributed by atoms with E-state index in [1.165, 1.54) is 10.6 Å². The standard InChI is InChI=1S/C22H23ClN2O2S/c1-3-4-5-16-6-8-17(9-7-16)14-20-21(24-25(2)22(20)26)15-28(27)19-12-10-18(23)11-13-19/h6-14H,3-5,15H2,1-2H3/b20-14+. The van der Waals surface area contributed by atoms with Gasteiger partial charge in [0, 0.05) is 17.0 Å². The summed E-state index contributed by atoms with van der Waals surface area (Å²) in [5.41, 5.74) is 3.25. The van der Waals surface area contributed by atoms with Crippen molar-refractivity contribution in [1.82, 2.24) is 5.01 Å². The predicted molar refractivity (Wildman–Crippen MR) is 116 cm³/mol. The van der Waals surface area contributed by atoms with Crippen LogP contribution < -0.4 is 0 Å². The van der Waals surface area contributed by atoms with Gasteiger partial charge in [0.2, 0.25) is 0 Å². The van der Waals surface area contributed by atoms with Gasteiger partial charge >= 0.3 is 0 Å². The molecule has 1 aliphatic rings. The zero-order valence-corrected chi connectivity index (χ0v) is 17.6. The van der Waals surface area contributed by atoms with Crippen LogP contribution in [0.2, 0.25) is 5.02 Å². The summed E-state index contributed by atoms with van der Waals surface area (Å²) in [6, 6.07) is 15.1. The van der Waals surface area contributed by atoms with Crippen molar-refractivity contribution in [1.29, 1.82) is 0 Å². The minimum absolute atomic E-state index is 0.179. The monoisotopic (exact) mass is 414 g/mol. The van der Waals surface area contributed by atoms with Crippen molar-refractivity contribution < 1.29 is 9.00 Å². The van der Waals surface area contributed by atoms with E-state index in [1.807, 2.05) is 18.2 Å². The van der Waals surface area contributed by atoms with Crippen LogP contribution in [0, 0.1) is 0 Å². The Labute approximate surface area is 173 Å². The Kier molecular flexibility index (Phi) is 6.81. The first-order valence-corrected chi connectivity index (χ1v) is 11.0. The number of aryl methyl sites for hydroxylation is 1. The van der Waals surface area contributed by atoms with Gasteiger partial charge in [-0.3, -0.25) is 9.00 Å². The van der Waals surface area contributed by atoms with E-state index < -0.39 is 10.8 Å². The lowest BCUT2D eigenvalue weighted by atomic mass is 10.0. The highest BCUT2D eigenvalue weighted by Gasteiger charge is 2.28. The highest BCUT2D eigenvalue weighted by Crippen LogP contribution is 2.21. The van der Waals surface area contributed by atoms with E-state index in [-0.39, 0.29) is 11.7 Å². The topological polar surface area (TPSA) is 49.7 Å². The van der Waals surface area contributed by atoms with Gasteiger partial charge in [-0.15, -0.1) is 0 Å². The van der Waals surface area contributed by atoms with Crippen LogP contribution in [0.25, 0.3) is 6.08 Å². The number of unbranched alkanes of at least 4 members (excludes halogenated alkanes) is 1. The van der Waals surface area contributed by atoms with Crippen LogP contribution in [-0.2, 0) is 22.0 Å². The summed E-state index contributed by atoms with van der Waals surface area (Å²) in [6.07, 6.45) is 5.21. The Bertz CT molecular complexity index is 934. The Morgan fingerprint density at radius 2 is 1.79 bits per heavy atom. The molecule has 0 spiro atoms. The molecule has 146 valence electrons. The van der Waals surface area contributed by atoms with Crippen LogP contribution in [-0.4, -0.2) is 33.6 Å². The molecule has 0 N–H and O–H groups in total. The normalized spacial score (nSPS) is 16.5. The molecule has 4 nitrogen and oxygen atoms in total. The van der Waals surface area contributed by atoms with Crippen molar-refractivity contribution in [3.8, 4) is 0 Å². The van der Waals surface area contributed by atoms with Gasteiger partial charge in [-0.1, -0.05) is 49.2 Å². The first-order chi connectivity index (χ1) is 13.5. The molecule has 2 aromatic carbocycles. The fourth-order valence-electron chi connectivity index (χ4n) is 2.95. The van der Waals surface area contributed by atoms with E-state index in [2.05, 4.69) is 24.2 Å². The summed E-state index contributed by atoms with van der Waals surface area (Å²) in [7, 11) is 0.307. The van der Waals surface area contributed by atoms with Crippen LogP contribution >= 0.6 is 11.6 Å². The number of likely N-dealkylation sites (N-methyl/N-ethyl adjacent to an activating group) is 1. The predicted octanol–water partition coefficient (Wildman–Crippen LogP) is 4.70. The molecule has 0 fully saturated rings. The van der Waals surface area contributed by atoms with E-state index in [9.17, 15) is 9.00 Å². The van der Waals surface area contributed by atoms with Gasteiger partial charge in [-0.25, -0.2) is 5.01 Å². The lowest BCUT2D eigenvalue weighted by molar-refractivity contribution is -0.124. The number of nitrogens with zero attached hydrogens (tertiary/aromatic N) is 2. The van der Waals surface area contributed by atoms with Crippen LogP contribution in [0.15, 0.2) is 64.1 Å². The average molecular weight is 415 g/mol. The summed E-state index contributed by atoms with van der Waals surface area (Å²) in [5, 5.41) is 6.20. The molecule has 6 heteroatoms. The Morgan fingerprint density at radius 3 is 2.43 bits per heavy atom. The van der Waals surface area contributed by atoms with Crippen molar-refractivity contribution in [3.05, 3.63) is 70.3 Å². The number of benzene rings is 2. The second-order valence-corrected chi connectivity index (χ2v) is 8.61. The molecule has 0 bridgehead atoms. The van der Waals surface area contributed by atoms with Gasteiger partial charge < -0.3 is 0 Å². The first kappa shape index (κ1) is 20.5. The number of carbonyl (C=O) groups is 1. The zero-order chi connectivity index (χ0) is 20.1. The summed E-state index contributed by atoms with van der Waals surface area (Å²) in [5.74, 6) is -0.00355. The second kappa shape index (κ2) is 9.30. The third-order valence-corrected chi connectivity index (χ3v) is 6.15. The molecular weight excluding hydrogens is 392 g/mol. The number of hydrogen-bond acceptors (Lipinski definition) is 3. The Morgan fingerprint density at radius 1 is 1.11 bits per heavy atom. The summed E-state index contributed by atoms with van der Waals surface area (Å²) in [4.78, 5) is 13.2. The fourth-order valence-corrected chi connectivity index (χ4v) is 4.15. The molecule has 1 amide bonds. The van der Waals surface area contributed by atoms with Crippen LogP contribution in [0.1, 0.15) is 30.9 Å². The zero-order valence-electron chi connectivity index (χ0n) is 16.0. The quantitative estimate of drug-likeness (QED) is 0.616. The Balaban J connectivity index is 1.79. The van der Waals surface area contributed by atoms with Crippen molar-refractivity contribution in [2.75, 3.05) is 12.8 Å². The maximum atomic E-state index is 12.7. The minimum Gasteiger partial charge on any atom is -0.267 e. The molecule has 0 aromatic heterocycles. The lowest BCUT2D eigenvalue weighted by Gasteiger charge is -2.05. The smallest absolute Gasteiger partial charge is 0.267 e. The largest absolute Gasteiger partial charge is 0.275 e. The van der Waals surface area contributed by atoms with E-state index >= 15 is 0 Å². The van der Waals surface area contributed by atoms with Crippen molar-refractivity contribution >= 4 is 40.1 Å². The summed E-state index contributed by atoms with van der Waals surface area (Å²) < 4.78 is 12.7.